The zero-order valence-electron chi connectivity index (χ0n) is 11.6. The van der Waals surface area contributed by atoms with E-state index >= 15 is 0 Å². The van der Waals surface area contributed by atoms with E-state index in [0.717, 1.165) is 44.0 Å². The highest BCUT2D eigenvalue weighted by atomic mass is 32.1. The summed E-state index contributed by atoms with van der Waals surface area (Å²) in [6.07, 6.45) is 5.21. The Balaban J connectivity index is 1.54. The number of aromatic nitrogens is 3. The number of likely N-dealkylation sites (tertiary alicyclic amines) is 1. The fourth-order valence-electron chi connectivity index (χ4n) is 2.84. The second-order valence-corrected chi connectivity index (χ2v) is 6.15. The van der Waals surface area contributed by atoms with Crippen LogP contribution in [0, 0.1) is 5.92 Å². The molecule has 0 aliphatic carbocycles. The average molecular weight is 292 g/mol. The van der Waals surface area contributed by atoms with Gasteiger partial charge >= 0.3 is 0 Å². The molecule has 0 radical (unpaired) electrons. The van der Waals surface area contributed by atoms with Crippen molar-refractivity contribution in [3.8, 4) is 0 Å². The Bertz CT molecular complexity index is 531. The first-order chi connectivity index (χ1) is 9.74. The summed E-state index contributed by atoms with van der Waals surface area (Å²) in [5.41, 5.74) is 3.03. The maximum absolute atomic E-state index is 10.4. The fourth-order valence-corrected chi connectivity index (χ4v) is 3.39. The molecule has 3 rings (SSSR count). The van der Waals surface area contributed by atoms with E-state index in [1.807, 2.05) is 23.3 Å². The smallest absolute Gasteiger partial charge is 0.137 e. The van der Waals surface area contributed by atoms with Crippen molar-refractivity contribution in [2.75, 3.05) is 13.1 Å². The Kier molecular flexibility index (Phi) is 4.14. The summed E-state index contributed by atoms with van der Waals surface area (Å²) < 4.78 is 1.91. The van der Waals surface area contributed by atoms with E-state index in [1.165, 1.54) is 0 Å². The van der Waals surface area contributed by atoms with Crippen molar-refractivity contribution in [3.63, 3.8) is 0 Å². The van der Waals surface area contributed by atoms with Crippen molar-refractivity contribution in [3.05, 3.63) is 34.8 Å². The summed E-state index contributed by atoms with van der Waals surface area (Å²) in [4.78, 5) is 11.0. The third-order valence-electron chi connectivity index (χ3n) is 4.07. The fraction of sp³-hybridized carbons (Fsp3) is 0.571. The minimum absolute atomic E-state index is 0.308. The molecule has 0 saturated carbocycles. The van der Waals surface area contributed by atoms with Gasteiger partial charge < -0.3 is 9.67 Å². The Morgan fingerprint density at radius 2 is 2.20 bits per heavy atom. The summed E-state index contributed by atoms with van der Waals surface area (Å²) in [6, 6.07) is 0. The zero-order chi connectivity index (χ0) is 13.9. The lowest BCUT2D eigenvalue weighted by atomic mass is 9.90. The number of imidazole rings is 1. The summed E-state index contributed by atoms with van der Waals surface area (Å²) >= 11 is 1.64. The molecule has 1 saturated heterocycles. The van der Waals surface area contributed by atoms with Crippen LogP contribution in [0.2, 0.25) is 0 Å². The van der Waals surface area contributed by atoms with Crippen LogP contribution in [0.5, 0.6) is 0 Å². The van der Waals surface area contributed by atoms with Gasteiger partial charge in [-0.05, 0) is 31.8 Å². The summed E-state index contributed by atoms with van der Waals surface area (Å²) in [5, 5.41) is 12.6. The van der Waals surface area contributed by atoms with Gasteiger partial charge in [-0.15, -0.1) is 11.3 Å². The molecule has 1 N–H and O–H groups in total. The maximum atomic E-state index is 10.4. The molecule has 2 aromatic rings. The highest BCUT2D eigenvalue weighted by Crippen LogP contribution is 2.30. The maximum Gasteiger partial charge on any atom is 0.137 e. The molecule has 3 heterocycles. The molecule has 20 heavy (non-hydrogen) atoms. The third-order valence-corrected chi connectivity index (χ3v) is 4.71. The number of aliphatic hydroxyl groups is 1. The quantitative estimate of drug-likeness (QED) is 0.934. The molecule has 108 valence electrons. The minimum atomic E-state index is -0.448. The van der Waals surface area contributed by atoms with E-state index in [-0.39, 0.29) is 0 Å². The highest BCUT2D eigenvalue weighted by molar-refractivity contribution is 7.07. The Labute approximate surface area is 122 Å². The van der Waals surface area contributed by atoms with Crippen LogP contribution in [0.3, 0.4) is 0 Å². The van der Waals surface area contributed by atoms with Crippen LogP contribution < -0.4 is 0 Å². The molecule has 2 aromatic heterocycles. The van der Waals surface area contributed by atoms with Crippen molar-refractivity contribution in [1.82, 2.24) is 19.4 Å². The third kappa shape index (κ3) is 2.92. The topological polar surface area (TPSA) is 54.2 Å². The largest absolute Gasteiger partial charge is 0.385 e. The normalized spacial score (nSPS) is 19.3. The first-order valence-corrected chi connectivity index (χ1v) is 7.93. The van der Waals surface area contributed by atoms with Crippen LogP contribution >= 0.6 is 11.3 Å². The van der Waals surface area contributed by atoms with Gasteiger partial charge in [0.15, 0.2) is 0 Å². The van der Waals surface area contributed by atoms with Crippen molar-refractivity contribution >= 4 is 11.3 Å². The SMILES string of the molecule is Cn1ccnc1C(O)C1CCN(Cc2cscn2)CC1. The molecule has 0 bridgehead atoms. The van der Waals surface area contributed by atoms with Gasteiger partial charge in [0.05, 0.1) is 11.2 Å². The predicted octanol–water partition coefficient (Wildman–Crippen LogP) is 1.82. The Morgan fingerprint density at radius 1 is 1.40 bits per heavy atom. The number of thiazole rings is 1. The molecule has 1 aliphatic heterocycles. The van der Waals surface area contributed by atoms with Gasteiger partial charge in [0.2, 0.25) is 0 Å². The van der Waals surface area contributed by atoms with Crippen LogP contribution in [0.15, 0.2) is 23.3 Å². The molecule has 0 spiro atoms. The van der Waals surface area contributed by atoms with Crippen LogP contribution in [0.1, 0.15) is 30.5 Å². The van der Waals surface area contributed by atoms with E-state index < -0.39 is 6.10 Å². The second kappa shape index (κ2) is 6.03. The number of aryl methyl sites for hydroxylation is 1. The molecule has 0 aromatic carbocycles. The van der Waals surface area contributed by atoms with Gasteiger partial charge in [-0.25, -0.2) is 9.97 Å². The number of piperidine rings is 1. The van der Waals surface area contributed by atoms with Gasteiger partial charge in [0.25, 0.3) is 0 Å². The van der Waals surface area contributed by atoms with Crippen LogP contribution in [0.25, 0.3) is 0 Å². The molecule has 1 aliphatic rings. The second-order valence-electron chi connectivity index (χ2n) is 5.43. The zero-order valence-corrected chi connectivity index (χ0v) is 12.5. The van der Waals surface area contributed by atoms with Gasteiger partial charge in [0.1, 0.15) is 11.9 Å². The molecule has 1 fully saturated rings. The Hall–Kier alpha value is -1.24. The van der Waals surface area contributed by atoms with E-state index in [1.54, 1.807) is 17.5 Å². The lowest BCUT2D eigenvalue weighted by molar-refractivity contribution is 0.0489. The van der Waals surface area contributed by atoms with Gasteiger partial charge in [-0.1, -0.05) is 0 Å². The van der Waals surface area contributed by atoms with Crippen molar-refractivity contribution in [2.45, 2.75) is 25.5 Å². The Morgan fingerprint density at radius 3 is 2.80 bits per heavy atom. The standard InChI is InChI=1S/C14H20N4OS/c1-17-7-4-15-14(17)13(19)11-2-5-18(6-3-11)8-12-9-20-10-16-12/h4,7,9-11,13,19H,2-3,5-6,8H2,1H3. The molecule has 6 heteroatoms. The molecular formula is C14H20N4OS. The lowest BCUT2D eigenvalue weighted by Gasteiger charge is -2.33. The van der Waals surface area contributed by atoms with Crippen LogP contribution in [-0.4, -0.2) is 37.6 Å². The first-order valence-electron chi connectivity index (χ1n) is 6.98. The van der Waals surface area contributed by atoms with Gasteiger partial charge in [-0.3, -0.25) is 4.90 Å². The predicted molar refractivity (Wildman–Crippen MR) is 78.3 cm³/mol. The molecular weight excluding hydrogens is 272 g/mol. The van der Waals surface area contributed by atoms with E-state index in [2.05, 4.69) is 20.2 Å². The number of rotatable bonds is 4. The molecule has 5 nitrogen and oxygen atoms in total. The van der Waals surface area contributed by atoms with Gasteiger partial charge in [0, 0.05) is 31.4 Å². The van der Waals surface area contributed by atoms with E-state index in [0.29, 0.717) is 5.92 Å². The van der Waals surface area contributed by atoms with Crippen molar-refractivity contribution < 1.29 is 5.11 Å². The lowest BCUT2D eigenvalue weighted by Crippen LogP contribution is -2.35. The monoisotopic (exact) mass is 292 g/mol. The van der Waals surface area contributed by atoms with E-state index in [4.69, 9.17) is 0 Å². The average Bonchev–Trinajstić information content (AvgIpc) is 3.10. The van der Waals surface area contributed by atoms with Crippen molar-refractivity contribution in [1.29, 1.82) is 0 Å². The van der Waals surface area contributed by atoms with Crippen LogP contribution in [-0.2, 0) is 13.6 Å². The van der Waals surface area contributed by atoms with Crippen LogP contribution in [0.4, 0.5) is 0 Å². The molecule has 1 unspecified atom stereocenters. The minimum Gasteiger partial charge on any atom is -0.385 e. The summed E-state index contributed by atoms with van der Waals surface area (Å²) in [7, 11) is 1.93. The number of nitrogens with zero attached hydrogens (tertiary/aromatic N) is 4. The molecule has 0 amide bonds. The molecule has 1 atom stereocenters. The summed E-state index contributed by atoms with van der Waals surface area (Å²) in [6.45, 7) is 2.96. The highest BCUT2D eigenvalue weighted by Gasteiger charge is 2.28. The number of hydrogen-bond acceptors (Lipinski definition) is 5. The van der Waals surface area contributed by atoms with Crippen molar-refractivity contribution in [2.24, 2.45) is 13.0 Å². The van der Waals surface area contributed by atoms with Gasteiger partial charge in [-0.2, -0.15) is 0 Å². The number of hydrogen-bond donors (Lipinski definition) is 1. The first kappa shape index (κ1) is 13.7. The van der Waals surface area contributed by atoms with E-state index in [9.17, 15) is 5.11 Å². The number of aliphatic hydroxyl groups excluding tert-OH is 1. The summed E-state index contributed by atoms with van der Waals surface area (Å²) in [5.74, 6) is 1.09.